The Labute approximate surface area is 131 Å². The fourth-order valence-corrected chi connectivity index (χ4v) is 2.67. The number of hydrogen-bond donors (Lipinski definition) is 0. The molecule has 0 atom stereocenters. The first-order valence-corrected chi connectivity index (χ1v) is 7.62. The molecule has 1 heterocycles. The SMILES string of the molecule is O=C(CSc1ccccc1F)OCc1ccc2c(c1)OCO2. The quantitative estimate of drug-likeness (QED) is 0.624. The number of rotatable bonds is 5. The van der Waals surface area contributed by atoms with E-state index < -0.39 is 5.97 Å². The standard InChI is InChI=1S/C16H13FO4S/c17-12-3-1-2-4-15(12)22-9-16(18)19-8-11-5-6-13-14(7-11)21-10-20-13/h1-7H,8-10H2. The molecule has 0 spiro atoms. The number of halogens is 1. The Bertz CT molecular complexity index is 690. The van der Waals surface area contributed by atoms with Gasteiger partial charge in [0, 0.05) is 4.90 Å². The summed E-state index contributed by atoms with van der Waals surface area (Å²) in [6.45, 7) is 0.352. The number of benzene rings is 2. The van der Waals surface area contributed by atoms with Crippen molar-refractivity contribution in [2.24, 2.45) is 0 Å². The maximum atomic E-state index is 13.4. The van der Waals surface area contributed by atoms with Gasteiger partial charge in [0.25, 0.3) is 0 Å². The number of fused-ring (bicyclic) bond motifs is 1. The highest BCUT2D eigenvalue weighted by Gasteiger charge is 2.14. The van der Waals surface area contributed by atoms with Gasteiger partial charge >= 0.3 is 5.97 Å². The molecule has 6 heteroatoms. The molecule has 0 bridgehead atoms. The van der Waals surface area contributed by atoms with Crippen molar-refractivity contribution in [2.45, 2.75) is 11.5 Å². The first-order valence-electron chi connectivity index (χ1n) is 6.64. The van der Waals surface area contributed by atoms with Crippen LogP contribution in [0.1, 0.15) is 5.56 Å². The summed E-state index contributed by atoms with van der Waals surface area (Å²) < 4.78 is 29.1. The molecule has 0 saturated carbocycles. The number of hydrogen-bond acceptors (Lipinski definition) is 5. The Morgan fingerprint density at radius 3 is 2.86 bits per heavy atom. The Hall–Kier alpha value is -2.21. The van der Waals surface area contributed by atoms with E-state index in [2.05, 4.69) is 0 Å². The van der Waals surface area contributed by atoms with Crippen LogP contribution in [-0.4, -0.2) is 18.5 Å². The largest absolute Gasteiger partial charge is 0.460 e. The van der Waals surface area contributed by atoms with E-state index in [0.29, 0.717) is 16.4 Å². The van der Waals surface area contributed by atoms with Crippen molar-refractivity contribution in [1.82, 2.24) is 0 Å². The minimum atomic E-state index is -0.397. The third kappa shape index (κ3) is 3.51. The lowest BCUT2D eigenvalue weighted by molar-refractivity contribution is -0.141. The van der Waals surface area contributed by atoms with Crippen molar-refractivity contribution in [2.75, 3.05) is 12.5 Å². The smallest absolute Gasteiger partial charge is 0.316 e. The second-order valence-corrected chi connectivity index (χ2v) is 5.58. The molecule has 114 valence electrons. The zero-order chi connectivity index (χ0) is 15.4. The second kappa shape index (κ2) is 6.70. The molecule has 1 aliphatic heterocycles. The predicted octanol–water partition coefficient (Wildman–Crippen LogP) is 3.39. The summed E-state index contributed by atoms with van der Waals surface area (Å²) in [5.74, 6) is 0.660. The van der Waals surface area contributed by atoms with Crippen LogP contribution in [0.5, 0.6) is 11.5 Å². The van der Waals surface area contributed by atoms with Gasteiger partial charge in [0.1, 0.15) is 12.4 Å². The summed E-state index contributed by atoms with van der Waals surface area (Å²) in [6.07, 6.45) is 0. The molecule has 2 aromatic carbocycles. The van der Waals surface area contributed by atoms with Gasteiger partial charge in [-0.2, -0.15) is 0 Å². The van der Waals surface area contributed by atoms with E-state index in [0.717, 1.165) is 17.3 Å². The maximum Gasteiger partial charge on any atom is 0.316 e. The maximum absolute atomic E-state index is 13.4. The third-order valence-corrected chi connectivity index (χ3v) is 4.04. The Kier molecular flexibility index (Phi) is 4.48. The first-order chi connectivity index (χ1) is 10.7. The highest BCUT2D eigenvalue weighted by Crippen LogP contribution is 2.32. The lowest BCUT2D eigenvalue weighted by Crippen LogP contribution is -2.07. The molecule has 0 unspecified atom stereocenters. The van der Waals surface area contributed by atoms with E-state index in [4.69, 9.17) is 14.2 Å². The van der Waals surface area contributed by atoms with Gasteiger partial charge in [0.05, 0.1) is 5.75 Å². The molecule has 1 aliphatic rings. The molecule has 4 nitrogen and oxygen atoms in total. The number of carbonyl (C=O) groups excluding carboxylic acids is 1. The first kappa shape index (κ1) is 14.7. The molecule has 0 aromatic heterocycles. The van der Waals surface area contributed by atoms with Crippen molar-refractivity contribution in [3.8, 4) is 11.5 Å². The average Bonchev–Trinajstić information content (AvgIpc) is 2.99. The van der Waals surface area contributed by atoms with E-state index >= 15 is 0 Å². The predicted molar refractivity (Wildman–Crippen MR) is 79.5 cm³/mol. The van der Waals surface area contributed by atoms with E-state index in [1.54, 1.807) is 30.3 Å². The number of ether oxygens (including phenoxy) is 3. The van der Waals surface area contributed by atoms with E-state index in [1.807, 2.05) is 6.07 Å². The summed E-state index contributed by atoms with van der Waals surface area (Å²) in [6, 6.07) is 11.7. The topological polar surface area (TPSA) is 44.8 Å². The molecule has 0 saturated heterocycles. The zero-order valence-electron chi connectivity index (χ0n) is 11.6. The number of thioether (sulfide) groups is 1. The van der Waals surface area contributed by atoms with Gasteiger partial charge in [0.15, 0.2) is 11.5 Å². The van der Waals surface area contributed by atoms with Crippen molar-refractivity contribution < 1.29 is 23.4 Å². The van der Waals surface area contributed by atoms with Gasteiger partial charge in [-0.1, -0.05) is 18.2 Å². The molecular formula is C16H13FO4S. The minimum absolute atomic E-state index is 0.0610. The van der Waals surface area contributed by atoms with Crippen molar-refractivity contribution in [1.29, 1.82) is 0 Å². The van der Waals surface area contributed by atoms with Crippen LogP contribution in [0.3, 0.4) is 0 Å². The summed E-state index contributed by atoms with van der Waals surface area (Å²) in [7, 11) is 0. The van der Waals surface area contributed by atoms with Gasteiger partial charge < -0.3 is 14.2 Å². The molecule has 0 N–H and O–H groups in total. The van der Waals surface area contributed by atoms with Crippen molar-refractivity contribution in [3.63, 3.8) is 0 Å². The normalized spacial score (nSPS) is 12.2. The molecule has 22 heavy (non-hydrogen) atoms. The molecule has 2 aromatic rings. The highest BCUT2D eigenvalue weighted by atomic mass is 32.2. The summed E-state index contributed by atoms with van der Waals surface area (Å²) in [5, 5.41) is 0. The van der Waals surface area contributed by atoms with E-state index in [-0.39, 0.29) is 25.0 Å². The van der Waals surface area contributed by atoms with Crippen LogP contribution in [0, 0.1) is 5.82 Å². The molecule has 0 amide bonds. The monoisotopic (exact) mass is 320 g/mol. The van der Waals surface area contributed by atoms with Crippen LogP contribution in [0.15, 0.2) is 47.4 Å². The van der Waals surface area contributed by atoms with Crippen LogP contribution in [0.2, 0.25) is 0 Å². The lowest BCUT2D eigenvalue weighted by Gasteiger charge is -2.06. The van der Waals surface area contributed by atoms with E-state index in [1.165, 1.54) is 6.07 Å². The van der Waals surface area contributed by atoms with Gasteiger partial charge in [-0.15, -0.1) is 11.8 Å². The van der Waals surface area contributed by atoms with E-state index in [9.17, 15) is 9.18 Å². The van der Waals surface area contributed by atoms with Gasteiger partial charge in [-0.25, -0.2) is 4.39 Å². The van der Waals surface area contributed by atoms with Crippen LogP contribution >= 0.6 is 11.8 Å². The highest BCUT2D eigenvalue weighted by molar-refractivity contribution is 8.00. The molecule has 0 aliphatic carbocycles. The van der Waals surface area contributed by atoms with Crippen molar-refractivity contribution >= 4 is 17.7 Å². The second-order valence-electron chi connectivity index (χ2n) is 4.57. The Balaban J connectivity index is 1.49. The summed E-state index contributed by atoms with van der Waals surface area (Å²) in [5.41, 5.74) is 0.813. The number of carbonyl (C=O) groups is 1. The summed E-state index contributed by atoms with van der Waals surface area (Å²) in [4.78, 5) is 12.1. The fourth-order valence-electron chi connectivity index (χ4n) is 1.93. The van der Waals surface area contributed by atoms with Crippen LogP contribution in [-0.2, 0) is 16.1 Å². The molecule has 0 fully saturated rings. The fraction of sp³-hybridized carbons (Fsp3) is 0.188. The zero-order valence-corrected chi connectivity index (χ0v) is 12.4. The van der Waals surface area contributed by atoms with Gasteiger partial charge in [0.2, 0.25) is 6.79 Å². The third-order valence-electron chi connectivity index (χ3n) is 3.02. The Morgan fingerprint density at radius 1 is 1.18 bits per heavy atom. The van der Waals surface area contributed by atoms with Crippen LogP contribution in [0.4, 0.5) is 4.39 Å². The van der Waals surface area contributed by atoms with Gasteiger partial charge in [-0.3, -0.25) is 4.79 Å². The van der Waals surface area contributed by atoms with Crippen LogP contribution < -0.4 is 9.47 Å². The minimum Gasteiger partial charge on any atom is -0.460 e. The van der Waals surface area contributed by atoms with Crippen molar-refractivity contribution in [3.05, 3.63) is 53.8 Å². The Morgan fingerprint density at radius 2 is 2.00 bits per heavy atom. The average molecular weight is 320 g/mol. The molecule has 3 rings (SSSR count). The van der Waals surface area contributed by atoms with Crippen LogP contribution in [0.25, 0.3) is 0 Å². The number of esters is 1. The summed E-state index contributed by atoms with van der Waals surface area (Å²) >= 11 is 1.12. The van der Waals surface area contributed by atoms with Gasteiger partial charge in [-0.05, 0) is 29.8 Å². The molecule has 0 radical (unpaired) electrons. The lowest BCUT2D eigenvalue weighted by atomic mass is 10.2. The molecular weight excluding hydrogens is 307 g/mol.